The lowest BCUT2D eigenvalue weighted by molar-refractivity contribution is -0.0420. The molecular formula is C32H70N4. The number of nitrogens with zero attached hydrogens (tertiary/aromatic N) is 3. The van der Waals surface area contributed by atoms with Crippen LogP contribution in [0.3, 0.4) is 0 Å². The Hall–Kier alpha value is -0.160. The summed E-state index contributed by atoms with van der Waals surface area (Å²) in [4.78, 5) is 8.49. The van der Waals surface area contributed by atoms with Gasteiger partial charge in [0.1, 0.15) is 0 Å². The lowest BCUT2D eigenvalue weighted by Gasteiger charge is -2.49. The van der Waals surface area contributed by atoms with Gasteiger partial charge in [-0.3, -0.25) is 9.80 Å². The van der Waals surface area contributed by atoms with E-state index in [0.29, 0.717) is 18.2 Å². The van der Waals surface area contributed by atoms with Gasteiger partial charge >= 0.3 is 0 Å². The fourth-order valence-corrected chi connectivity index (χ4v) is 5.28. The van der Waals surface area contributed by atoms with Crippen molar-refractivity contribution in [3.63, 3.8) is 0 Å². The first kappa shape index (κ1) is 35.8. The van der Waals surface area contributed by atoms with Gasteiger partial charge in [-0.05, 0) is 125 Å². The maximum atomic E-state index is 3.70. The van der Waals surface area contributed by atoms with Crippen molar-refractivity contribution in [3.05, 3.63) is 0 Å². The van der Waals surface area contributed by atoms with Crippen molar-refractivity contribution < 1.29 is 0 Å². The van der Waals surface area contributed by atoms with Crippen molar-refractivity contribution in [1.82, 2.24) is 20.0 Å². The average Bonchev–Trinajstić information content (AvgIpc) is 2.85. The van der Waals surface area contributed by atoms with E-state index in [1.54, 1.807) is 0 Å². The highest BCUT2D eigenvalue weighted by molar-refractivity contribution is 4.86. The maximum absolute atomic E-state index is 3.70. The van der Waals surface area contributed by atoms with E-state index in [4.69, 9.17) is 0 Å². The van der Waals surface area contributed by atoms with E-state index < -0.39 is 0 Å². The Kier molecular flexibility index (Phi) is 21.6. The summed E-state index contributed by atoms with van der Waals surface area (Å²) in [6, 6.07) is 1.33. The Morgan fingerprint density at radius 2 is 1.14 bits per heavy atom. The van der Waals surface area contributed by atoms with Gasteiger partial charge in [0, 0.05) is 24.2 Å². The van der Waals surface area contributed by atoms with Crippen LogP contribution in [-0.4, -0.2) is 77.8 Å². The van der Waals surface area contributed by atoms with Crippen LogP contribution >= 0.6 is 0 Å². The number of hydrogen-bond acceptors (Lipinski definition) is 4. The summed E-state index contributed by atoms with van der Waals surface area (Å²) in [5.74, 6) is 0. The predicted molar refractivity (Wildman–Crippen MR) is 164 cm³/mol. The normalized spacial score (nSPS) is 15.2. The highest BCUT2D eigenvalue weighted by Crippen LogP contribution is 2.26. The molecule has 3 atom stereocenters. The third kappa shape index (κ3) is 15.3. The minimum atomic E-state index is 0.189. The van der Waals surface area contributed by atoms with Crippen molar-refractivity contribution in [2.45, 2.75) is 170 Å². The first-order valence-electron chi connectivity index (χ1n) is 16.1. The monoisotopic (exact) mass is 511 g/mol. The minimum Gasteiger partial charge on any atom is -0.317 e. The van der Waals surface area contributed by atoms with Gasteiger partial charge in [0.05, 0.1) is 6.17 Å². The Bertz CT molecular complexity index is 475. The van der Waals surface area contributed by atoms with Gasteiger partial charge in [-0.25, -0.2) is 0 Å². The van der Waals surface area contributed by atoms with E-state index in [0.717, 1.165) is 6.54 Å². The lowest BCUT2D eigenvalue weighted by atomic mass is 10.00. The second kappa shape index (κ2) is 21.7. The van der Waals surface area contributed by atoms with Crippen LogP contribution in [0.2, 0.25) is 0 Å². The van der Waals surface area contributed by atoms with E-state index >= 15 is 0 Å². The highest BCUT2D eigenvalue weighted by Gasteiger charge is 2.33. The quantitative estimate of drug-likeness (QED) is 0.104. The second-order valence-electron chi connectivity index (χ2n) is 12.3. The molecule has 0 aromatic rings. The van der Waals surface area contributed by atoms with Crippen LogP contribution in [0, 0.1) is 0 Å². The van der Waals surface area contributed by atoms with E-state index in [1.807, 2.05) is 0 Å². The number of unbranched alkanes of at least 4 members (excludes halogenated alkanes) is 4. The Balaban J connectivity index is 5.44. The Labute approximate surface area is 229 Å². The van der Waals surface area contributed by atoms with Crippen molar-refractivity contribution in [2.75, 3.05) is 39.3 Å². The molecule has 0 bridgehead atoms. The van der Waals surface area contributed by atoms with Crippen molar-refractivity contribution in [2.24, 2.45) is 0 Å². The zero-order chi connectivity index (χ0) is 27.4. The zero-order valence-corrected chi connectivity index (χ0v) is 26.8. The molecule has 0 rings (SSSR count). The van der Waals surface area contributed by atoms with Gasteiger partial charge in [-0.15, -0.1) is 0 Å². The molecule has 1 N–H and O–H groups in total. The molecule has 0 amide bonds. The molecule has 0 heterocycles. The summed E-state index contributed by atoms with van der Waals surface area (Å²) in [5, 5.41) is 3.70. The molecule has 218 valence electrons. The molecule has 3 unspecified atom stereocenters. The summed E-state index contributed by atoms with van der Waals surface area (Å²) >= 11 is 0. The molecule has 0 aliphatic rings. The first-order chi connectivity index (χ1) is 17.2. The maximum Gasteiger partial charge on any atom is 0.0629 e. The summed E-state index contributed by atoms with van der Waals surface area (Å²) in [6.45, 7) is 31.1. The van der Waals surface area contributed by atoms with Gasteiger partial charge in [0.2, 0.25) is 0 Å². The van der Waals surface area contributed by atoms with Crippen LogP contribution in [-0.2, 0) is 0 Å². The summed E-state index contributed by atoms with van der Waals surface area (Å²) in [5.41, 5.74) is 0.189. The number of rotatable bonds is 24. The predicted octanol–water partition coefficient (Wildman–Crippen LogP) is 8.16. The second-order valence-corrected chi connectivity index (χ2v) is 12.3. The van der Waals surface area contributed by atoms with Gasteiger partial charge in [0.15, 0.2) is 0 Å². The number of hydrogen-bond donors (Lipinski definition) is 1. The molecule has 0 fully saturated rings. The highest BCUT2D eigenvalue weighted by atomic mass is 15.4. The molecule has 0 aromatic carbocycles. The fourth-order valence-electron chi connectivity index (χ4n) is 5.28. The smallest absolute Gasteiger partial charge is 0.0629 e. The lowest BCUT2D eigenvalue weighted by Crippen LogP contribution is -2.58. The molecule has 4 heteroatoms. The van der Waals surface area contributed by atoms with Crippen LogP contribution in [0.5, 0.6) is 0 Å². The van der Waals surface area contributed by atoms with Crippen molar-refractivity contribution >= 4 is 0 Å². The largest absolute Gasteiger partial charge is 0.317 e. The Morgan fingerprint density at radius 3 is 1.69 bits per heavy atom. The zero-order valence-electron chi connectivity index (χ0n) is 26.8. The van der Waals surface area contributed by atoms with Gasteiger partial charge in [0.25, 0.3) is 0 Å². The molecule has 0 saturated carbocycles. The topological polar surface area (TPSA) is 21.8 Å². The molecular weight excluding hydrogens is 440 g/mol. The minimum absolute atomic E-state index is 0.189. The molecule has 0 radical (unpaired) electrons. The third-order valence-electron chi connectivity index (χ3n) is 8.16. The molecule has 4 nitrogen and oxygen atoms in total. The third-order valence-corrected chi connectivity index (χ3v) is 8.16. The van der Waals surface area contributed by atoms with Crippen molar-refractivity contribution in [3.8, 4) is 0 Å². The average molecular weight is 511 g/mol. The van der Waals surface area contributed by atoms with Crippen LogP contribution in [0.25, 0.3) is 0 Å². The van der Waals surface area contributed by atoms with Gasteiger partial charge < -0.3 is 10.2 Å². The summed E-state index contributed by atoms with van der Waals surface area (Å²) < 4.78 is 0. The molecule has 0 aliphatic heterocycles. The molecule has 36 heavy (non-hydrogen) atoms. The van der Waals surface area contributed by atoms with Crippen molar-refractivity contribution in [1.29, 1.82) is 0 Å². The van der Waals surface area contributed by atoms with Crippen LogP contribution in [0.4, 0.5) is 0 Å². The van der Waals surface area contributed by atoms with E-state index in [-0.39, 0.29) is 5.54 Å². The number of nitrogens with one attached hydrogen (secondary N) is 1. The van der Waals surface area contributed by atoms with Gasteiger partial charge in [-0.2, -0.15) is 0 Å². The summed E-state index contributed by atoms with van der Waals surface area (Å²) in [7, 11) is 0. The Morgan fingerprint density at radius 1 is 0.611 bits per heavy atom. The fraction of sp³-hybridized carbons (Fsp3) is 1.00. The molecule has 0 saturated heterocycles. The van der Waals surface area contributed by atoms with Crippen LogP contribution in [0.15, 0.2) is 0 Å². The van der Waals surface area contributed by atoms with E-state index in [1.165, 1.54) is 110 Å². The van der Waals surface area contributed by atoms with Crippen LogP contribution < -0.4 is 5.32 Å². The first-order valence-corrected chi connectivity index (χ1v) is 16.1. The van der Waals surface area contributed by atoms with E-state index in [2.05, 4.69) is 89.3 Å². The standard InChI is InChI=1S/C32H70N4/c1-11-16-23-33-24-21-22-31(36(28-18-13-3)32(8,9)10)35(30(7)15-5)27-20-19-26-34(25-17-12-2)29(6)14-4/h29-31,33H,11-28H2,1-10H3. The van der Waals surface area contributed by atoms with E-state index in [9.17, 15) is 0 Å². The molecule has 0 aliphatic carbocycles. The molecule has 0 aromatic heterocycles. The summed E-state index contributed by atoms with van der Waals surface area (Å²) in [6.07, 6.45) is 15.9. The van der Waals surface area contributed by atoms with Gasteiger partial charge in [-0.1, -0.05) is 53.9 Å². The van der Waals surface area contributed by atoms with Crippen LogP contribution in [0.1, 0.15) is 146 Å². The molecule has 0 spiro atoms. The SMILES string of the molecule is CCCCNCCCC(N(CCCCN(CCCC)C(C)CC)C(C)CC)N(CCCC)C(C)(C)C.